The molecule has 4 aromatic rings. The van der Waals surface area contributed by atoms with Crippen molar-refractivity contribution >= 4 is 28.3 Å². The van der Waals surface area contributed by atoms with Crippen molar-refractivity contribution in [2.45, 2.75) is 0 Å². The van der Waals surface area contributed by atoms with Crippen molar-refractivity contribution < 1.29 is 19.5 Å². The zero-order valence-electron chi connectivity index (χ0n) is 15.3. The Balaban J connectivity index is 2.06. The van der Waals surface area contributed by atoms with Crippen LogP contribution < -0.4 is 0 Å². The fourth-order valence-corrected chi connectivity index (χ4v) is 3.46. The van der Waals surface area contributed by atoms with Crippen LogP contribution in [0.1, 0.15) is 42.2 Å². The van der Waals surface area contributed by atoms with Gasteiger partial charge in [-0.15, -0.1) is 0 Å². The number of fused-ring (bicyclic) bond motifs is 1. The van der Waals surface area contributed by atoms with Crippen molar-refractivity contribution in [3.8, 4) is 0 Å². The van der Waals surface area contributed by atoms with E-state index in [0.717, 1.165) is 0 Å². The van der Waals surface area contributed by atoms with Crippen molar-refractivity contribution in [2.75, 3.05) is 0 Å². The molecule has 0 aliphatic carbocycles. The highest BCUT2D eigenvalue weighted by molar-refractivity contribution is 6.26. The molecule has 0 fully saturated rings. The maximum absolute atomic E-state index is 13.3. The lowest BCUT2D eigenvalue weighted by molar-refractivity contribution is 0.0689. The molecule has 0 saturated heterocycles. The Morgan fingerprint density at radius 2 is 1.10 bits per heavy atom. The van der Waals surface area contributed by atoms with Crippen LogP contribution in [0.25, 0.3) is 10.8 Å². The van der Waals surface area contributed by atoms with Crippen molar-refractivity contribution in [1.82, 2.24) is 0 Å². The SMILES string of the molecule is O=C(c1ccccc1)c1cc2ccccc2c(C(=O)c2ccccc2)c1C(=O)O. The van der Waals surface area contributed by atoms with Gasteiger partial charge in [0.15, 0.2) is 11.6 Å². The van der Waals surface area contributed by atoms with Crippen molar-refractivity contribution in [2.24, 2.45) is 0 Å². The van der Waals surface area contributed by atoms with Crippen LogP contribution in [-0.2, 0) is 0 Å². The van der Waals surface area contributed by atoms with Gasteiger partial charge in [-0.05, 0) is 16.8 Å². The number of carbonyl (C=O) groups is 3. The lowest BCUT2D eigenvalue weighted by Gasteiger charge is -2.14. The summed E-state index contributed by atoms with van der Waals surface area (Å²) in [5, 5.41) is 11.1. The summed E-state index contributed by atoms with van der Waals surface area (Å²) in [6, 6.07) is 25.5. The van der Waals surface area contributed by atoms with Gasteiger partial charge in [0.2, 0.25) is 0 Å². The second kappa shape index (κ2) is 7.52. The highest BCUT2D eigenvalue weighted by atomic mass is 16.4. The summed E-state index contributed by atoms with van der Waals surface area (Å²) in [5.74, 6) is -2.17. The largest absolute Gasteiger partial charge is 0.478 e. The van der Waals surface area contributed by atoms with E-state index in [2.05, 4.69) is 0 Å². The Kier molecular flexibility index (Phi) is 4.75. The van der Waals surface area contributed by atoms with E-state index in [1.54, 1.807) is 91.0 Å². The fraction of sp³-hybridized carbons (Fsp3) is 0. The standard InChI is InChI=1S/C25H16O4/c26-23(16-9-3-1-4-10-16)20-15-18-13-7-8-14-19(18)21(22(20)25(28)29)24(27)17-11-5-2-6-12-17/h1-15H,(H,28,29). The molecule has 0 heterocycles. The summed E-state index contributed by atoms with van der Waals surface area (Å²) in [6.07, 6.45) is 0. The molecule has 140 valence electrons. The maximum atomic E-state index is 13.3. The first-order valence-electron chi connectivity index (χ1n) is 9.06. The van der Waals surface area contributed by atoms with Gasteiger partial charge in [-0.25, -0.2) is 4.79 Å². The first-order chi connectivity index (χ1) is 14.1. The molecule has 0 saturated carbocycles. The monoisotopic (exact) mass is 380 g/mol. The van der Waals surface area contributed by atoms with Crippen molar-refractivity contribution in [3.63, 3.8) is 0 Å². The smallest absolute Gasteiger partial charge is 0.337 e. The van der Waals surface area contributed by atoms with E-state index in [4.69, 9.17) is 0 Å². The third-order valence-corrected chi connectivity index (χ3v) is 4.81. The van der Waals surface area contributed by atoms with Gasteiger partial charge >= 0.3 is 5.97 Å². The molecule has 0 amide bonds. The first kappa shape index (κ1) is 18.3. The number of aromatic carboxylic acids is 1. The molecule has 0 bridgehead atoms. The molecule has 0 unspecified atom stereocenters. The summed E-state index contributed by atoms with van der Waals surface area (Å²) in [5.41, 5.74) is 0.488. The third kappa shape index (κ3) is 3.32. The van der Waals surface area contributed by atoms with Crippen LogP contribution in [0.5, 0.6) is 0 Å². The summed E-state index contributed by atoms with van der Waals surface area (Å²) in [6.45, 7) is 0. The van der Waals surface area contributed by atoms with Gasteiger partial charge in [0.25, 0.3) is 0 Å². The van der Waals surface area contributed by atoms with Crippen LogP contribution in [0.2, 0.25) is 0 Å². The fourth-order valence-electron chi connectivity index (χ4n) is 3.46. The summed E-state index contributed by atoms with van der Waals surface area (Å²) in [4.78, 5) is 38.7. The predicted octanol–water partition coefficient (Wildman–Crippen LogP) is 5.00. The van der Waals surface area contributed by atoms with E-state index < -0.39 is 17.5 Å². The lowest BCUT2D eigenvalue weighted by atomic mass is 9.86. The van der Waals surface area contributed by atoms with Crippen LogP contribution in [0, 0.1) is 0 Å². The number of hydrogen-bond donors (Lipinski definition) is 1. The van der Waals surface area contributed by atoms with Crippen LogP contribution in [0.15, 0.2) is 91.0 Å². The normalized spacial score (nSPS) is 10.6. The van der Waals surface area contributed by atoms with E-state index in [0.29, 0.717) is 21.9 Å². The molecule has 0 atom stereocenters. The minimum atomic E-state index is -1.31. The average Bonchev–Trinajstić information content (AvgIpc) is 2.77. The lowest BCUT2D eigenvalue weighted by Crippen LogP contribution is -2.17. The molecule has 1 N–H and O–H groups in total. The van der Waals surface area contributed by atoms with Gasteiger partial charge in [-0.1, -0.05) is 84.9 Å². The minimum absolute atomic E-state index is 0.00156. The quantitative estimate of drug-likeness (QED) is 0.495. The Morgan fingerprint density at radius 3 is 1.69 bits per heavy atom. The van der Waals surface area contributed by atoms with E-state index in [-0.39, 0.29) is 16.7 Å². The highest BCUT2D eigenvalue weighted by Crippen LogP contribution is 2.30. The van der Waals surface area contributed by atoms with Crippen LogP contribution in [-0.4, -0.2) is 22.6 Å². The summed E-state index contributed by atoms with van der Waals surface area (Å²) >= 11 is 0. The Labute approximate surface area is 167 Å². The topological polar surface area (TPSA) is 71.4 Å². The third-order valence-electron chi connectivity index (χ3n) is 4.81. The van der Waals surface area contributed by atoms with Crippen molar-refractivity contribution in [3.05, 3.63) is 119 Å². The molecule has 29 heavy (non-hydrogen) atoms. The number of benzene rings is 4. The zero-order valence-corrected chi connectivity index (χ0v) is 15.3. The number of carboxylic acid groups (broad SMARTS) is 1. The van der Waals surface area contributed by atoms with Gasteiger partial charge in [-0.2, -0.15) is 0 Å². The minimum Gasteiger partial charge on any atom is -0.478 e. The number of carbonyl (C=O) groups excluding carboxylic acids is 2. The molecule has 0 aromatic heterocycles. The molecule has 4 nitrogen and oxygen atoms in total. The number of carboxylic acids is 1. The molecule has 4 aromatic carbocycles. The van der Waals surface area contributed by atoms with Crippen LogP contribution in [0.4, 0.5) is 0 Å². The number of ketones is 2. The molecular formula is C25H16O4. The molecule has 4 heteroatoms. The first-order valence-corrected chi connectivity index (χ1v) is 9.06. The predicted molar refractivity (Wildman–Crippen MR) is 111 cm³/mol. The van der Waals surface area contributed by atoms with Gasteiger partial charge in [0.05, 0.1) is 5.56 Å². The van der Waals surface area contributed by atoms with Crippen LogP contribution in [0.3, 0.4) is 0 Å². The highest BCUT2D eigenvalue weighted by Gasteiger charge is 2.28. The number of rotatable bonds is 5. The number of hydrogen-bond acceptors (Lipinski definition) is 3. The maximum Gasteiger partial charge on any atom is 0.337 e. The molecule has 0 aliphatic heterocycles. The molecular weight excluding hydrogens is 364 g/mol. The molecule has 0 aliphatic rings. The molecule has 0 radical (unpaired) electrons. The molecule has 4 rings (SSSR count). The average molecular weight is 380 g/mol. The Hall–Kier alpha value is -4.05. The van der Waals surface area contributed by atoms with Crippen LogP contribution >= 0.6 is 0 Å². The van der Waals surface area contributed by atoms with Gasteiger partial charge in [0.1, 0.15) is 0 Å². The summed E-state index contributed by atoms with van der Waals surface area (Å²) < 4.78 is 0. The van der Waals surface area contributed by atoms with E-state index in [1.807, 2.05) is 0 Å². The summed E-state index contributed by atoms with van der Waals surface area (Å²) in [7, 11) is 0. The van der Waals surface area contributed by atoms with Crippen molar-refractivity contribution in [1.29, 1.82) is 0 Å². The van der Waals surface area contributed by atoms with Gasteiger partial charge < -0.3 is 5.11 Å². The zero-order chi connectivity index (χ0) is 20.4. The molecule has 0 spiro atoms. The van der Waals surface area contributed by atoms with Gasteiger partial charge in [0, 0.05) is 22.3 Å². The van der Waals surface area contributed by atoms with E-state index in [9.17, 15) is 19.5 Å². The van der Waals surface area contributed by atoms with E-state index in [1.165, 1.54) is 0 Å². The van der Waals surface area contributed by atoms with Gasteiger partial charge in [-0.3, -0.25) is 9.59 Å². The second-order valence-electron chi connectivity index (χ2n) is 6.59. The Morgan fingerprint density at radius 1 is 0.586 bits per heavy atom. The van der Waals surface area contributed by atoms with E-state index >= 15 is 0 Å². The Bertz CT molecular complexity index is 1240. The second-order valence-corrected chi connectivity index (χ2v) is 6.59.